The van der Waals surface area contributed by atoms with Crippen molar-refractivity contribution < 1.29 is 4.74 Å². The highest BCUT2D eigenvalue weighted by atomic mass is 35.5. The zero-order valence-electron chi connectivity index (χ0n) is 15.2. The zero-order valence-corrected chi connectivity index (χ0v) is 16.7. The summed E-state index contributed by atoms with van der Waals surface area (Å²) in [4.78, 5) is 0. The fourth-order valence-electron chi connectivity index (χ4n) is 4.00. The molecule has 0 aromatic heterocycles. The topological polar surface area (TPSA) is 21.3 Å². The molecule has 1 aromatic carbocycles. The van der Waals surface area contributed by atoms with E-state index in [-0.39, 0.29) is 5.41 Å². The van der Waals surface area contributed by atoms with Crippen LogP contribution in [0.5, 0.6) is 0 Å². The van der Waals surface area contributed by atoms with Gasteiger partial charge in [-0.15, -0.1) is 0 Å². The highest BCUT2D eigenvalue weighted by Gasteiger charge is 2.45. The van der Waals surface area contributed by atoms with Crippen LogP contribution in [0.2, 0.25) is 10.0 Å². The number of methoxy groups -OCH3 is 1. The number of benzene rings is 1. The third-order valence-electron chi connectivity index (χ3n) is 5.83. The van der Waals surface area contributed by atoms with E-state index in [2.05, 4.69) is 31.3 Å². The predicted octanol–water partition coefficient (Wildman–Crippen LogP) is 5.85. The minimum Gasteiger partial charge on any atom is -0.383 e. The van der Waals surface area contributed by atoms with E-state index >= 15 is 0 Å². The third-order valence-corrected chi connectivity index (χ3v) is 6.57. The Hall–Kier alpha value is -0.280. The van der Waals surface area contributed by atoms with E-state index in [4.69, 9.17) is 27.9 Å². The average Bonchev–Trinajstić information content (AvgIpc) is 2.54. The van der Waals surface area contributed by atoms with E-state index in [0.717, 1.165) is 19.1 Å². The van der Waals surface area contributed by atoms with Gasteiger partial charge in [-0.3, -0.25) is 0 Å². The maximum absolute atomic E-state index is 6.32. The first-order chi connectivity index (χ1) is 11.6. The van der Waals surface area contributed by atoms with Gasteiger partial charge in [-0.25, -0.2) is 0 Å². The number of hydrogen-bond donors (Lipinski definition) is 1. The molecule has 1 N–H and O–H groups in total. The van der Waals surface area contributed by atoms with E-state index in [0.29, 0.717) is 16.1 Å². The molecule has 2 rings (SSSR count). The average molecular weight is 372 g/mol. The van der Waals surface area contributed by atoms with Gasteiger partial charge in [0.1, 0.15) is 0 Å². The van der Waals surface area contributed by atoms with Crippen molar-refractivity contribution in [3.8, 4) is 0 Å². The van der Waals surface area contributed by atoms with Crippen LogP contribution in [0.4, 0.5) is 0 Å². The van der Waals surface area contributed by atoms with Crippen molar-refractivity contribution in [3.05, 3.63) is 33.8 Å². The maximum atomic E-state index is 6.32. The molecule has 1 aliphatic rings. The van der Waals surface area contributed by atoms with Gasteiger partial charge in [0, 0.05) is 25.1 Å². The smallest absolute Gasteiger partial charge is 0.0595 e. The van der Waals surface area contributed by atoms with Gasteiger partial charge in [0.25, 0.3) is 0 Å². The molecular formula is C20H31Cl2NO. The summed E-state index contributed by atoms with van der Waals surface area (Å²) in [6.07, 6.45) is 7.39. The number of rotatable bonds is 10. The minimum absolute atomic E-state index is 0.185. The first-order valence-electron chi connectivity index (χ1n) is 9.25. The Labute approximate surface area is 157 Å². The zero-order chi connectivity index (χ0) is 17.6. The van der Waals surface area contributed by atoms with E-state index in [1.54, 1.807) is 7.11 Å². The summed E-state index contributed by atoms with van der Waals surface area (Å²) >= 11 is 12.5. The Kier molecular flexibility index (Phi) is 7.87. The first-order valence-corrected chi connectivity index (χ1v) is 10.0. The van der Waals surface area contributed by atoms with Crippen molar-refractivity contribution in [1.82, 2.24) is 5.32 Å². The van der Waals surface area contributed by atoms with Crippen LogP contribution in [0.1, 0.15) is 57.9 Å². The molecule has 136 valence electrons. The molecule has 0 heterocycles. The number of ether oxygens (including phenoxy) is 1. The van der Waals surface area contributed by atoms with Gasteiger partial charge in [-0.2, -0.15) is 0 Å². The number of hydrogen-bond acceptors (Lipinski definition) is 2. The van der Waals surface area contributed by atoms with Gasteiger partial charge in [0.05, 0.1) is 16.7 Å². The largest absolute Gasteiger partial charge is 0.383 e. The van der Waals surface area contributed by atoms with Crippen LogP contribution in [0, 0.1) is 5.92 Å². The molecule has 1 aliphatic carbocycles. The second-order valence-corrected chi connectivity index (χ2v) is 7.87. The number of nitrogens with one attached hydrogen (secondary N) is 1. The summed E-state index contributed by atoms with van der Waals surface area (Å²) < 4.78 is 5.25. The lowest BCUT2D eigenvalue weighted by Crippen LogP contribution is -2.54. The molecule has 1 aromatic rings. The molecule has 1 fully saturated rings. The second-order valence-electron chi connectivity index (χ2n) is 7.06. The predicted molar refractivity (Wildman–Crippen MR) is 104 cm³/mol. The molecule has 0 spiro atoms. The molecule has 0 radical (unpaired) electrons. The van der Waals surface area contributed by atoms with Gasteiger partial charge >= 0.3 is 0 Å². The SMILES string of the molecule is CCC(CC)CC(NCCOC)C1(c2ccc(Cl)c(Cl)c2)CCC1. The van der Waals surface area contributed by atoms with Crippen LogP contribution in [-0.4, -0.2) is 26.3 Å². The van der Waals surface area contributed by atoms with Crippen molar-refractivity contribution in [3.63, 3.8) is 0 Å². The maximum Gasteiger partial charge on any atom is 0.0595 e. The summed E-state index contributed by atoms with van der Waals surface area (Å²) in [5.41, 5.74) is 1.52. The molecule has 2 nitrogen and oxygen atoms in total. The van der Waals surface area contributed by atoms with E-state index < -0.39 is 0 Å². The Morgan fingerprint density at radius 3 is 2.38 bits per heavy atom. The van der Waals surface area contributed by atoms with Crippen LogP contribution in [-0.2, 0) is 10.2 Å². The lowest BCUT2D eigenvalue weighted by Gasteiger charge is -2.50. The monoisotopic (exact) mass is 371 g/mol. The highest BCUT2D eigenvalue weighted by molar-refractivity contribution is 6.42. The van der Waals surface area contributed by atoms with Gasteiger partial charge in [-0.05, 0) is 42.9 Å². The van der Waals surface area contributed by atoms with Crippen LogP contribution in [0.3, 0.4) is 0 Å². The minimum atomic E-state index is 0.185. The Bertz CT molecular complexity index is 512. The molecule has 1 unspecified atom stereocenters. The standard InChI is InChI=1S/C20H31Cl2NO/c1-4-15(5-2)13-19(23-11-12-24-3)20(9-6-10-20)16-7-8-17(21)18(22)14-16/h7-8,14-15,19,23H,4-6,9-13H2,1-3H3. The van der Waals surface area contributed by atoms with Gasteiger partial charge < -0.3 is 10.1 Å². The van der Waals surface area contributed by atoms with E-state index in [1.165, 1.54) is 44.1 Å². The Balaban J connectivity index is 2.26. The van der Waals surface area contributed by atoms with Crippen LogP contribution in [0.15, 0.2) is 18.2 Å². The van der Waals surface area contributed by atoms with Crippen LogP contribution >= 0.6 is 23.2 Å². The summed E-state index contributed by atoms with van der Waals surface area (Å²) in [6.45, 7) is 6.24. The summed E-state index contributed by atoms with van der Waals surface area (Å²) in [5, 5.41) is 5.10. The Morgan fingerprint density at radius 1 is 1.17 bits per heavy atom. The lowest BCUT2D eigenvalue weighted by atomic mass is 9.58. The summed E-state index contributed by atoms with van der Waals surface area (Å²) in [6, 6.07) is 6.66. The molecule has 0 amide bonds. The van der Waals surface area contributed by atoms with Crippen molar-refractivity contribution in [1.29, 1.82) is 0 Å². The van der Waals surface area contributed by atoms with Gasteiger partial charge in [0.15, 0.2) is 0 Å². The highest BCUT2D eigenvalue weighted by Crippen LogP contribution is 2.49. The molecular weight excluding hydrogens is 341 g/mol. The quantitative estimate of drug-likeness (QED) is 0.521. The van der Waals surface area contributed by atoms with E-state index in [1.807, 2.05) is 6.07 Å². The second kappa shape index (κ2) is 9.43. The van der Waals surface area contributed by atoms with Gasteiger partial charge in [-0.1, -0.05) is 62.4 Å². The normalized spacial score (nSPS) is 17.8. The molecule has 0 saturated heterocycles. The van der Waals surface area contributed by atoms with Crippen LogP contribution in [0.25, 0.3) is 0 Å². The van der Waals surface area contributed by atoms with Crippen molar-refractivity contribution in [2.24, 2.45) is 5.92 Å². The molecule has 0 bridgehead atoms. The number of halogens is 2. The van der Waals surface area contributed by atoms with E-state index in [9.17, 15) is 0 Å². The van der Waals surface area contributed by atoms with Crippen molar-refractivity contribution in [2.45, 2.75) is 63.8 Å². The fraction of sp³-hybridized carbons (Fsp3) is 0.700. The molecule has 1 saturated carbocycles. The lowest BCUT2D eigenvalue weighted by molar-refractivity contribution is 0.130. The summed E-state index contributed by atoms with van der Waals surface area (Å²) in [7, 11) is 1.76. The molecule has 1 atom stereocenters. The molecule has 4 heteroatoms. The summed E-state index contributed by atoms with van der Waals surface area (Å²) in [5.74, 6) is 0.755. The van der Waals surface area contributed by atoms with Crippen LogP contribution < -0.4 is 5.32 Å². The molecule has 24 heavy (non-hydrogen) atoms. The third kappa shape index (κ3) is 4.46. The molecule has 0 aliphatic heterocycles. The fourth-order valence-corrected chi connectivity index (χ4v) is 4.29. The van der Waals surface area contributed by atoms with Crippen molar-refractivity contribution >= 4 is 23.2 Å². The first kappa shape index (κ1) is 20.0. The van der Waals surface area contributed by atoms with Crippen molar-refractivity contribution in [2.75, 3.05) is 20.3 Å². The van der Waals surface area contributed by atoms with Gasteiger partial charge in [0.2, 0.25) is 0 Å². The Morgan fingerprint density at radius 2 is 1.88 bits per heavy atom.